The number of allylic oxidation sites excluding steroid dienone is 1. The minimum Gasteiger partial charge on any atom is -0.383 e. The molecule has 3 heterocycles. The van der Waals surface area contributed by atoms with Gasteiger partial charge in [0.05, 0.1) is 16.9 Å². The van der Waals surface area contributed by atoms with Crippen LogP contribution in [-0.4, -0.2) is 25.2 Å². The van der Waals surface area contributed by atoms with E-state index in [0.717, 1.165) is 32.1 Å². The van der Waals surface area contributed by atoms with E-state index in [1.807, 2.05) is 6.08 Å². The third-order valence-electron chi connectivity index (χ3n) is 8.15. The molecule has 1 atom stereocenters. The summed E-state index contributed by atoms with van der Waals surface area (Å²) in [6, 6.07) is 10.1. The molecule has 0 radical (unpaired) electrons. The summed E-state index contributed by atoms with van der Waals surface area (Å²) < 4.78 is 32.6. The maximum Gasteiger partial charge on any atom is 0.301 e. The molecule has 2 aromatic heterocycles. The topological polar surface area (TPSA) is 104 Å². The van der Waals surface area contributed by atoms with Crippen molar-refractivity contribution in [3.05, 3.63) is 75.4 Å². The number of nitrogens with one attached hydrogen (secondary N) is 1. The monoisotopic (exact) mass is 547 g/mol. The molecule has 9 heteroatoms. The van der Waals surface area contributed by atoms with E-state index in [9.17, 15) is 15.2 Å². The fourth-order valence-electron chi connectivity index (χ4n) is 5.42. The van der Waals surface area contributed by atoms with Gasteiger partial charge in [-0.2, -0.15) is 14.0 Å². The standard InChI is InChI=1S/C31H35F2N5O2/c1-21-36-26-24-18-25(30(20-34)14-15-30)28(39)38(27(24)37-21)16-9-7-5-3-4-6-8-13-29(2,40)31(32,33)23-12-10-11-22(17-23)19-35-26/h6,8,10-12,17-18,40H,3-5,7,9,13-16,19H2,1-2H3,(H,35,36,37)/b8-6-. The van der Waals surface area contributed by atoms with E-state index in [2.05, 4.69) is 21.4 Å². The van der Waals surface area contributed by atoms with Crippen molar-refractivity contribution in [2.75, 3.05) is 5.32 Å². The average molecular weight is 548 g/mol. The van der Waals surface area contributed by atoms with Gasteiger partial charge in [0.2, 0.25) is 0 Å². The molecule has 5 rings (SSSR count). The molecule has 210 valence electrons. The number of anilines is 1. The molecule has 1 unspecified atom stereocenters. The number of halogens is 2. The molecular formula is C31H35F2N5O2. The van der Waals surface area contributed by atoms with Crippen molar-refractivity contribution in [2.24, 2.45) is 0 Å². The number of nitriles is 1. The molecule has 40 heavy (non-hydrogen) atoms. The zero-order valence-corrected chi connectivity index (χ0v) is 23.0. The summed E-state index contributed by atoms with van der Waals surface area (Å²) >= 11 is 0. The maximum atomic E-state index is 15.5. The molecule has 6 bridgehead atoms. The van der Waals surface area contributed by atoms with Crippen LogP contribution in [0.2, 0.25) is 0 Å². The fraction of sp³-hybridized carbons (Fsp3) is 0.484. The average Bonchev–Trinajstić information content (AvgIpc) is 3.72. The van der Waals surface area contributed by atoms with Crippen LogP contribution in [0.5, 0.6) is 0 Å². The molecule has 1 fully saturated rings. The van der Waals surface area contributed by atoms with Crippen molar-refractivity contribution >= 4 is 16.9 Å². The maximum absolute atomic E-state index is 15.5. The number of aromatic nitrogens is 3. The summed E-state index contributed by atoms with van der Waals surface area (Å²) in [5.74, 6) is -2.51. The molecule has 2 N–H and O–H groups in total. The Kier molecular flexibility index (Phi) is 7.49. The van der Waals surface area contributed by atoms with Gasteiger partial charge in [-0.1, -0.05) is 43.2 Å². The van der Waals surface area contributed by atoms with Crippen LogP contribution in [0.4, 0.5) is 14.6 Å². The van der Waals surface area contributed by atoms with Gasteiger partial charge in [0, 0.05) is 30.6 Å². The summed E-state index contributed by atoms with van der Waals surface area (Å²) in [6.45, 7) is 3.60. The number of pyridine rings is 1. The van der Waals surface area contributed by atoms with Crippen LogP contribution in [-0.2, 0) is 24.4 Å². The first kappa shape index (κ1) is 27.9. The van der Waals surface area contributed by atoms with Crippen LogP contribution < -0.4 is 10.9 Å². The van der Waals surface area contributed by atoms with Gasteiger partial charge in [0.15, 0.2) is 0 Å². The Balaban J connectivity index is 1.60. The molecule has 0 saturated heterocycles. The molecule has 0 amide bonds. The Morgan fingerprint density at radius 3 is 2.62 bits per heavy atom. The van der Waals surface area contributed by atoms with Gasteiger partial charge in [-0.15, -0.1) is 0 Å². The van der Waals surface area contributed by atoms with E-state index in [1.165, 1.54) is 19.1 Å². The van der Waals surface area contributed by atoms with Crippen LogP contribution in [0.1, 0.15) is 80.8 Å². The predicted octanol–water partition coefficient (Wildman–Crippen LogP) is 6.02. The first-order valence-electron chi connectivity index (χ1n) is 14.0. The molecule has 3 aromatic rings. The number of alkyl halides is 2. The second-order valence-electron chi connectivity index (χ2n) is 11.3. The molecule has 1 saturated carbocycles. The number of fused-ring (bicyclic) bond motifs is 2. The molecule has 1 aliphatic carbocycles. The Morgan fingerprint density at radius 1 is 1.10 bits per heavy atom. The number of nitrogens with zero attached hydrogens (tertiary/aromatic N) is 4. The van der Waals surface area contributed by atoms with Crippen molar-refractivity contribution in [1.29, 1.82) is 5.26 Å². The van der Waals surface area contributed by atoms with Crippen molar-refractivity contribution in [3.8, 4) is 6.07 Å². The van der Waals surface area contributed by atoms with E-state index in [4.69, 9.17) is 0 Å². The van der Waals surface area contributed by atoms with Gasteiger partial charge in [-0.05, 0) is 63.6 Å². The first-order chi connectivity index (χ1) is 19.1. The lowest BCUT2D eigenvalue weighted by molar-refractivity contribution is -0.176. The van der Waals surface area contributed by atoms with Crippen molar-refractivity contribution in [1.82, 2.24) is 14.5 Å². The highest BCUT2D eigenvalue weighted by Gasteiger charge is 2.50. The SMILES string of the molecule is Cc1nc2c3cc(C4(C#N)CC4)c(=O)n(c3n1)CCCCCC/C=C\CC(C)(O)C(F)(F)c1cccc(c1)CN2. The van der Waals surface area contributed by atoms with Crippen LogP contribution in [0.15, 0.2) is 47.3 Å². The van der Waals surface area contributed by atoms with E-state index >= 15 is 8.78 Å². The zero-order chi connectivity index (χ0) is 28.5. The van der Waals surface area contributed by atoms with Gasteiger partial charge in [0.25, 0.3) is 5.56 Å². The van der Waals surface area contributed by atoms with E-state index in [-0.39, 0.29) is 24.1 Å². The fourth-order valence-corrected chi connectivity index (χ4v) is 5.42. The molecule has 1 aliphatic heterocycles. The normalized spacial score (nSPS) is 23.6. The summed E-state index contributed by atoms with van der Waals surface area (Å²) in [5.41, 5.74) is -1.90. The third kappa shape index (κ3) is 5.25. The smallest absolute Gasteiger partial charge is 0.301 e. The second kappa shape index (κ2) is 10.7. The number of aliphatic hydroxyl groups is 1. The number of aryl methyl sites for hydroxylation is 2. The Hall–Kier alpha value is -3.64. The number of rotatable bonds is 1. The number of hydrogen-bond acceptors (Lipinski definition) is 6. The second-order valence-corrected chi connectivity index (χ2v) is 11.3. The zero-order valence-electron chi connectivity index (χ0n) is 23.0. The first-order valence-corrected chi connectivity index (χ1v) is 14.0. The number of benzene rings is 1. The molecule has 1 aromatic carbocycles. The van der Waals surface area contributed by atoms with Crippen molar-refractivity contribution < 1.29 is 13.9 Å². The lowest BCUT2D eigenvalue weighted by Gasteiger charge is -2.32. The molecule has 2 aliphatic rings. The minimum atomic E-state index is -3.47. The van der Waals surface area contributed by atoms with Gasteiger partial charge >= 0.3 is 5.92 Å². The van der Waals surface area contributed by atoms with E-state index < -0.39 is 16.9 Å². The molecular weight excluding hydrogens is 512 g/mol. The Labute approximate surface area is 232 Å². The number of hydrogen-bond donors (Lipinski definition) is 2. The van der Waals surface area contributed by atoms with E-state index in [0.29, 0.717) is 53.2 Å². The van der Waals surface area contributed by atoms with Gasteiger partial charge in [-0.3, -0.25) is 9.36 Å². The lowest BCUT2D eigenvalue weighted by atomic mass is 9.87. The summed E-state index contributed by atoms with van der Waals surface area (Å²) in [7, 11) is 0. The lowest BCUT2D eigenvalue weighted by Crippen LogP contribution is -2.42. The predicted molar refractivity (Wildman–Crippen MR) is 150 cm³/mol. The Morgan fingerprint density at radius 2 is 1.88 bits per heavy atom. The molecule has 7 nitrogen and oxygen atoms in total. The highest BCUT2D eigenvalue weighted by molar-refractivity contribution is 5.87. The van der Waals surface area contributed by atoms with Gasteiger partial charge in [0.1, 0.15) is 22.9 Å². The van der Waals surface area contributed by atoms with Gasteiger partial charge in [-0.25, -0.2) is 9.97 Å². The highest BCUT2D eigenvalue weighted by Crippen LogP contribution is 2.47. The summed E-state index contributed by atoms with van der Waals surface area (Å²) in [6.07, 6.45) is 8.76. The molecule has 0 spiro atoms. The van der Waals surface area contributed by atoms with Gasteiger partial charge < -0.3 is 10.4 Å². The quantitative estimate of drug-likeness (QED) is 0.361. The minimum absolute atomic E-state index is 0.162. The third-order valence-corrected chi connectivity index (χ3v) is 8.15. The van der Waals surface area contributed by atoms with Crippen LogP contribution in [0.25, 0.3) is 11.0 Å². The van der Waals surface area contributed by atoms with E-state index in [1.54, 1.807) is 35.8 Å². The summed E-state index contributed by atoms with van der Waals surface area (Å²) in [5, 5.41) is 24.5. The highest BCUT2D eigenvalue weighted by atomic mass is 19.3. The van der Waals surface area contributed by atoms with Crippen LogP contribution in [0.3, 0.4) is 0 Å². The van der Waals surface area contributed by atoms with Crippen molar-refractivity contribution in [2.45, 2.75) is 95.2 Å². The van der Waals surface area contributed by atoms with Crippen molar-refractivity contribution in [3.63, 3.8) is 0 Å². The van der Waals surface area contributed by atoms with Crippen LogP contribution in [0, 0.1) is 18.3 Å². The van der Waals surface area contributed by atoms with Crippen LogP contribution >= 0.6 is 0 Å². The Bertz CT molecular complexity index is 1550. The largest absolute Gasteiger partial charge is 0.383 e. The summed E-state index contributed by atoms with van der Waals surface area (Å²) in [4.78, 5) is 22.9.